The van der Waals surface area contributed by atoms with Gasteiger partial charge in [-0.3, -0.25) is 4.79 Å². The molecule has 10 heteroatoms. The van der Waals surface area contributed by atoms with E-state index >= 15 is 0 Å². The highest BCUT2D eigenvalue weighted by Gasteiger charge is 2.47. The van der Waals surface area contributed by atoms with Crippen LogP contribution in [0, 0.1) is 28.5 Å². The Kier molecular flexibility index (Phi) is 7.53. The standard InChI is InChI=1S/C31H31BrFN3O4S/c32-25-17-21(7-10-26(25)36-13-15-41(38,39)16-14-36)28-29(40-30(35-28)20-5-8-22(33)9-6-20)24-4-2-1-3-23(24)27(37)18-31(19-34)11-12-31/h5-10,17,23-24H,1-4,11-16,18H2/t23-,24-/m1/s1. The van der Waals surface area contributed by atoms with E-state index in [0.29, 0.717) is 36.0 Å². The predicted octanol–water partition coefficient (Wildman–Crippen LogP) is 6.68. The van der Waals surface area contributed by atoms with E-state index in [0.717, 1.165) is 54.2 Å². The van der Waals surface area contributed by atoms with Crippen LogP contribution in [0.1, 0.15) is 56.6 Å². The van der Waals surface area contributed by atoms with Crippen LogP contribution in [0.25, 0.3) is 22.7 Å². The van der Waals surface area contributed by atoms with Crippen LogP contribution in [0.3, 0.4) is 0 Å². The number of hydrogen-bond donors (Lipinski definition) is 0. The van der Waals surface area contributed by atoms with Gasteiger partial charge in [-0.2, -0.15) is 5.26 Å². The molecule has 41 heavy (non-hydrogen) atoms. The number of rotatable bonds is 7. The molecule has 7 nitrogen and oxygen atoms in total. The Morgan fingerprint density at radius 3 is 2.44 bits per heavy atom. The summed E-state index contributed by atoms with van der Waals surface area (Å²) >= 11 is 3.70. The molecule has 0 bridgehead atoms. The molecule has 0 spiro atoms. The van der Waals surface area contributed by atoms with Gasteiger partial charge in [0.05, 0.1) is 28.7 Å². The number of benzene rings is 2. The number of nitrogens with zero attached hydrogens (tertiary/aromatic N) is 3. The van der Waals surface area contributed by atoms with Gasteiger partial charge in [-0.15, -0.1) is 0 Å². The monoisotopic (exact) mass is 639 g/mol. The fourth-order valence-corrected chi connectivity index (χ4v) is 7.97. The van der Waals surface area contributed by atoms with Crippen molar-refractivity contribution in [2.45, 2.75) is 50.9 Å². The zero-order chi connectivity index (χ0) is 28.8. The second-order valence-electron chi connectivity index (χ2n) is 11.6. The summed E-state index contributed by atoms with van der Waals surface area (Å²) in [5.41, 5.74) is 2.50. The van der Waals surface area contributed by atoms with Crippen LogP contribution in [-0.2, 0) is 14.6 Å². The van der Waals surface area contributed by atoms with Gasteiger partial charge in [-0.1, -0.05) is 18.9 Å². The Labute approximate surface area is 247 Å². The molecule has 0 unspecified atom stereocenters. The molecule has 1 saturated heterocycles. The highest BCUT2D eigenvalue weighted by atomic mass is 79.9. The molecule has 2 aromatic carbocycles. The van der Waals surface area contributed by atoms with Crippen molar-refractivity contribution in [2.75, 3.05) is 29.5 Å². The van der Waals surface area contributed by atoms with Crippen LogP contribution < -0.4 is 4.90 Å². The number of ketones is 1. The average Bonchev–Trinajstić information content (AvgIpc) is 3.60. The molecular formula is C31H31BrFN3O4S. The van der Waals surface area contributed by atoms with Crippen LogP contribution in [0.2, 0.25) is 0 Å². The third kappa shape index (κ3) is 5.84. The highest BCUT2D eigenvalue weighted by molar-refractivity contribution is 9.10. The zero-order valence-electron chi connectivity index (χ0n) is 22.6. The van der Waals surface area contributed by atoms with E-state index in [9.17, 15) is 22.9 Å². The molecule has 2 aliphatic carbocycles. The van der Waals surface area contributed by atoms with E-state index < -0.39 is 15.3 Å². The molecule has 0 radical (unpaired) electrons. The summed E-state index contributed by atoms with van der Waals surface area (Å²) in [7, 11) is -3.00. The van der Waals surface area contributed by atoms with Crippen molar-refractivity contribution in [3.8, 4) is 28.8 Å². The molecule has 1 aliphatic heterocycles. The number of nitriles is 1. The minimum Gasteiger partial charge on any atom is -0.440 e. The van der Waals surface area contributed by atoms with Crippen LogP contribution in [-0.4, -0.2) is 43.8 Å². The number of hydrogen-bond acceptors (Lipinski definition) is 7. The maximum Gasteiger partial charge on any atom is 0.226 e. The van der Waals surface area contributed by atoms with Crippen LogP contribution in [0.5, 0.6) is 0 Å². The quantitative estimate of drug-likeness (QED) is 0.284. The maximum absolute atomic E-state index is 13.7. The molecule has 3 aromatic rings. The fourth-order valence-electron chi connectivity index (χ4n) is 6.14. The van der Waals surface area contributed by atoms with Crippen molar-refractivity contribution in [1.29, 1.82) is 5.26 Å². The van der Waals surface area contributed by atoms with Crippen molar-refractivity contribution in [3.63, 3.8) is 0 Å². The zero-order valence-corrected chi connectivity index (χ0v) is 25.0. The van der Waals surface area contributed by atoms with Crippen molar-refractivity contribution < 1.29 is 22.0 Å². The lowest BCUT2D eigenvalue weighted by molar-refractivity contribution is -0.125. The Hall–Kier alpha value is -3.03. The van der Waals surface area contributed by atoms with E-state index in [1.807, 2.05) is 18.2 Å². The first-order valence-electron chi connectivity index (χ1n) is 14.1. The number of aromatic nitrogens is 1. The Morgan fingerprint density at radius 1 is 1.10 bits per heavy atom. The van der Waals surface area contributed by atoms with Crippen molar-refractivity contribution >= 4 is 37.2 Å². The molecule has 1 aromatic heterocycles. The van der Waals surface area contributed by atoms with E-state index in [2.05, 4.69) is 26.9 Å². The van der Waals surface area contributed by atoms with Gasteiger partial charge in [0.1, 0.15) is 23.1 Å². The third-order valence-electron chi connectivity index (χ3n) is 8.77. The van der Waals surface area contributed by atoms with E-state index in [4.69, 9.17) is 9.40 Å². The summed E-state index contributed by atoms with van der Waals surface area (Å²) in [6, 6.07) is 14.2. The molecule has 3 aliphatic rings. The predicted molar refractivity (Wildman–Crippen MR) is 158 cm³/mol. The maximum atomic E-state index is 13.7. The second kappa shape index (κ2) is 11.0. The molecule has 0 N–H and O–H groups in total. The number of oxazole rings is 1. The summed E-state index contributed by atoms with van der Waals surface area (Å²) in [5, 5.41) is 9.60. The molecule has 214 valence electrons. The Balaban J connectivity index is 1.37. The molecule has 2 heterocycles. The van der Waals surface area contributed by atoms with Crippen molar-refractivity contribution in [3.05, 3.63) is 58.5 Å². The van der Waals surface area contributed by atoms with Crippen LogP contribution in [0.15, 0.2) is 51.4 Å². The highest BCUT2D eigenvalue weighted by Crippen LogP contribution is 2.51. The molecule has 2 atom stereocenters. The Bertz CT molecular complexity index is 1610. The number of sulfone groups is 1. The van der Waals surface area contributed by atoms with Crippen molar-refractivity contribution in [1.82, 2.24) is 4.98 Å². The Morgan fingerprint density at radius 2 is 1.78 bits per heavy atom. The SMILES string of the molecule is N#CC1(CC(=O)[C@@H]2CCCC[C@H]2c2oc(-c3ccc(F)cc3)nc2-c2ccc(N3CCS(=O)(=O)CC3)c(Br)c2)CC1. The summed E-state index contributed by atoms with van der Waals surface area (Å²) in [6.07, 6.45) is 5.28. The summed E-state index contributed by atoms with van der Waals surface area (Å²) < 4.78 is 44.8. The fraction of sp³-hybridized carbons (Fsp3) is 0.452. The van der Waals surface area contributed by atoms with Crippen LogP contribution >= 0.6 is 15.9 Å². The van der Waals surface area contributed by atoms with Gasteiger partial charge >= 0.3 is 0 Å². The average molecular weight is 641 g/mol. The van der Waals surface area contributed by atoms with Gasteiger partial charge in [-0.05, 0) is 78.0 Å². The lowest BCUT2D eigenvalue weighted by Crippen LogP contribution is -2.40. The minimum atomic E-state index is -3.00. The number of Topliss-reactive ketones (excluding diaryl/α,β-unsaturated/α-hetero) is 1. The second-order valence-corrected chi connectivity index (χ2v) is 14.7. The lowest BCUT2D eigenvalue weighted by atomic mass is 9.73. The summed E-state index contributed by atoms with van der Waals surface area (Å²) in [5.74, 6) is 0.608. The summed E-state index contributed by atoms with van der Waals surface area (Å²) in [6.45, 7) is 0.862. The van der Waals surface area contributed by atoms with Gasteiger partial charge in [-0.25, -0.2) is 17.8 Å². The molecule has 0 amide bonds. The smallest absolute Gasteiger partial charge is 0.226 e. The molecule has 3 fully saturated rings. The molecular weight excluding hydrogens is 609 g/mol. The third-order valence-corrected chi connectivity index (χ3v) is 11.0. The van der Waals surface area contributed by atoms with Crippen molar-refractivity contribution in [2.24, 2.45) is 11.3 Å². The molecule has 2 saturated carbocycles. The first kappa shape index (κ1) is 28.1. The lowest BCUT2D eigenvalue weighted by Gasteiger charge is -2.30. The van der Waals surface area contributed by atoms with Gasteiger partial charge in [0.15, 0.2) is 9.84 Å². The normalized spacial score (nSPS) is 23.1. The van der Waals surface area contributed by atoms with E-state index in [1.165, 1.54) is 12.1 Å². The van der Waals surface area contributed by atoms with Gasteiger partial charge in [0.25, 0.3) is 0 Å². The first-order valence-corrected chi connectivity index (χ1v) is 16.7. The molecule has 6 rings (SSSR count). The van der Waals surface area contributed by atoms with E-state index in [1.54, 1.807) is 12.1 Å². The number of anilines is 1. The topological polar surface area (TPSA) is 104 Å². The van der Waals surface area contributed by atoms with Crippen LogP contribution in [0.4, 0.5) is 10.1 Å². The van der Waals surface area contributed by atoms with Gasteiger partial charge < -0.3 is 9.32 Å². The minimum absolute atomic E-state index is 0.121. The first-order chi connectivity index (χ1) is 19.7. The number of halogens is 2. The summed E-state index contributed by atoms with van der Waals surface area (Å²) in [4.78, 5) is 20.5. The number of carbonyl (C=O) groups is 1. The van der Waals surface area contributed by atoms with Gasteiger partial charge in [0.2, 0.25) is 5.89 Å². The van der Waals surface area contributed by atoms with Gasteiger partial charge in [0, 0.05) is 46.9 Å². The number of carbonyl (C=O) groups excluding carboxylic acids is 1. The largest absolute Gasteiger partial charge is 0.440 e. The van der Waals surface area contributed by atoms with E-state index in [-0.39, 0.29) is 41.4 Å².